The number of benzene rings is 4. The summed E-state index contributed by atoms with van der Waals surface area (Å²) in [6.45, 7) is 0. The second kappa shape index (κ2) is 7.73. The van der Waals surface area contributed by atoms with E-state index < -0.39 is 52.0 Å². The van der Waals surface area contributed by atoms with E-state index in [-0.39, 0.29) is 22.3 Å². The van der Waals surface area contributed by atoms with E-state index in [2.05, 4.69) is 0 Å². The molecule has 0 radical (unpaired) electrons. The average molecular weight is 502 g/mol. The minimum absolute atomic E-state index is 0.170. The highest BCUT2D eigenvalue weighted by molar-refractivity contribution is 6.37. The third-order valence-electron chi connectivity index (χ3n) is 8.14. The fourth-order valence-corrected chi connectivity index (χ4v) is 6.61. The van der Waals surface area contributed by atoms with Crippen molar-refractivity contribution in [3.8, 4) is 0 Å². The van der Waals surface area contributed by atoms with Gasteiger partial charge in [0.05, 0.1) is 5.92 Å². The van der Waals surface area contributed by atoms with Crippen LogP contribution in [0, 0.1) is 11.2 Å². The molecule has 3 aliphatic rings. The zero-order valence-electron chi connectivity index (χ0n) is 19.9. The maximum absolute atomic E-state index is 14.5. The summed E-state index contributed by atoms with van der Waals surface area (Å²) in [6.07, 6.45) is -1.24. The third kappa shape index (κ3) is 2.57. The number of carbonyl (C=O) groups is 4. The number of fused-ring (bicyclic) bond motifs is 2. The summed E-state index contributed by atoms with van der Waals surface area (Å²) >= 11 is 0. The fraction of sp³-hybridized carbons (Fsp3) is 0.125. The first-order chi connectivity index (χ1) is 18.4. The Bertz CT molecular complexity index is 1620. The van der Waals surface area contributed by atoms with Crippen LogP contribution in [0.4, 0.5) is 4.39 Å². The summed E-state index contributed by atoms with van der Waals surface area (Å²) < 4.78 is 20.7. The van der Waals surface area contributed by atoms with Gasteiger partial charge in [0.15, 0.2) is 11.6 Å². The number of ketones is 4. The van der Waals surface area contributed by atoms with E-state index in [0.717, 1.165) is 0 Å². The highest BCUT2D eigenvalue weighted by Gasteiger charge is 2.79. The van der Waals surface area contributed by atoms with Crippen LogP contribution in [-0.4, -0.2) is 28.7 Å². The zero-order valence-corrected chi connectivity index (χ0v) is 19.9. The Morgan fingerprint density at radius 3 is 1.47 bits per heavy atom. The molecule has 38 heavy (non-hydrogen) atoms. The van der Waals surface area contributed by atoms with E-state index >= 15 is 0 Å². The van der Waals surface area contributed by atoms with Gasteiger partial charge in [-0.3, -0.25) is 19.2 Å². The topological polar surface area (TPSA) is 77.5 Å². The van der Waals surface area contributed by atoms with Crippen LogP contribution in [0.2, 0.25) is 0 Å². The summed E-state index contributed by atoms with van der Waals surface area (Å²) in [5, 5.41) is 0. The standard InChI is InChI=1S/C32H19FO5/c33-20-16-14-18(15-17-20)25-31(26(34)21-10-4-5-11-22(21)27(31)35)30(19-8-2-1-3-9-19)38-32(25)28(36)23-12-6-7-13-24(23)29(32)37/h1-17,25,30H/t25-,30-/m0/s1. The van der Waals surface area contributed by atoms with Gasteiger partial charge in [-0.25, -0.2) is 4.39 Å². The summed E-state index contributed by atoms with van der Waals surface area (Å²) in [7, 11) is 0. The zero-order chi connectivity index (χ0) is 26.2. The monoisotopic (exact) mass is 502 g/mol. The van der Waals surface area contributed by atoms with Gasteiger partial charge in [-0.05, 0) is 23.3 Å². The summed E-state index contributed by atoms with van der Waals surface area (Å²) in [5.74, 6) is -4.12. The maximum atomic E-state index is 14.5. The minimum atomic E-state index is -2.19. The maximum Gasteiger partial charge on any atom is 0.204 e. The normalized spacial score (nSPS) is 22.3. The Labute approximate surface area is 216 Å². The molecule has 0 aromatic heterocycles. The second-order valence-corrected chi connectivity index (χ2v) is 9.91. The van der Waals surface area contributed by atoms with Crippen molar-refractivity contribution in [2.75, 3.05) is 0 Å². The van der Waals surface area contributed by atoms with E-state index in [1.807, 2.05) is 0 Å². The number of hydrogen-bond donors (Lipinski definition) is 0. The average Bonchev–Trinajstić information content (AvgIpc) is 3.48. The summed E-state index contributed by atoms with van der Waals surface area (Å²) in [4.78, 5) is 57.5. The van der Waals surface area contributed by atoms with Crippen molar-refractivity contribution in [3.63, 3.8) is 0 Å². The predicted octanol–water partition coefficient (Wildman–Crippen LogP) is 5.56. The molecule has 2 spiro atoms. The summed E-state index contributed by atoms with van der Waals surface area (Å²) in [5.41, 5.74) is -2.60. The molecule has 6 heteroatoms. The molecule has 2 atom stereocenters. The van der Waals surface area contributed by atoms with E-state index in [1.54, 1.807) is 78.9 Å². The second-order valence-electron chi connectivity index (χ2n) is 9.91. The molecule has 1 saturated heterocycles. The molecule has 0 bridgehead atoms. The fourth-order valence-electron chi connectivity index (χ4n) is 6.61. The highest BCUT2D eigenvalue weighted by atomic mass is 19.1. The number of hydrogen-bond acceptors (Lipinski definition) is 5. The molecule has 7 rings (SSSR count). The van der Waals surface area contributed by atoms with Crippen LogP contribution >= 0.6 is 0 Å². The smallest absolute Gasteiger partial charge is 0.204 e. The van der Waals surface area contributed by atoms with Crippen molar-refractivity contribution in [1.29, 1.82) is 0 Å². The van der Waals surface area contributed by atoms with Gasteiger partial charge in [0.25, 0.3) is 0 Å². The molecule has 0 unspecified atom stereocenters. The number of Topliss-reactive ketones (excluding diaryl/α,β-unsaturated/α-hetero) is 4. The van der Waals surface area contributed by atoms with Crippen LogP contribution in [0.25, 0.3) is 0 Å². The number of halogens is 1. The van der Waals surface area contributed by atoms with Crippen molar-refractivity contribution < 1.29 is 28.3 Å². The number of ether oxygens (including phenoxy) is 1. The Kier molecular flexibility index (Phi) is 4.60. The lowest BCUT2D eigenvalue weighted by molar-refractivity contribution is -0.0210. The Morgan fingerprint density at radius 2 is 0.974 bits per heavy atom. The summed E-state index contributed by atoms with van der Waals surface area (Å²) in [6, 6.07) is 26.8. The minimum Gasteiger partial charge on any atom is -0.348 e. The molecule has 1 heterocycles. The van der Waals surface area contributed by atoms with Crippen LogP contribution in [0.15, 0.2) is 103 Å². The van der Waals surface area contributed by atoms with Crippen molar-refractivity contribution in [3.05, 3.63) is 142 Å². The molecular weight excluding hydrogens is 483 g/mol. The van der Waals surface area contributed by atoms with Crippen LogP contribution in [0.3, 0.4) is 0 Å². The SMILES string of the molecule is O=C1c2ccccc2C(=O)C12O[C@@H](c1ccccc1)C1(C(=O)c3ccccc3C1=O)[C@@H]2c1ccc(F)cc1. The molecule has 5 nitrogen and oxygen atoms in total. The predicted molar refractivity (Wildman–Crippen MR) is 135 cm³/mol. The van der Waals surface area contributed by atoms with Crippen LogP contribution in [0.5, 0.6) is 0 Å². The van der Waals surface area contributed by atoms with Crippen LogP contribution in [0.1, 0.15) is 64.6 Å². The lowest BCUT2D eigenvalue weighted by Gasteiger charge is -2.34. The first-order valence-electron chi connectivity index (χ1n) is 12.3. The largest absolute Gasteiger partial charge is 0.348 e. The first kappa shape index (κ1) is 22.6. The molecule has 0 saturated carbocycles. The Hall–Kier alpha value is -4.55. The van der Waals surface area contributed by atoms with Crippen molar-refractivity contribution in [1.82, 2.24) is 0 Å². The number of carbonyl (C=O) groups excluding carboxylic acids is 4. The molecule has 184 valence electrons. The lowest BCUT2D eigenvalue weighted by Crippen LogP contribution is -2.51. The Morgan fingerprint density at radius 1 is 0.526 bits per heavy atom. The molecule has 4 aromatic carbocycles. The van der Waals surface area contributed by atoms with E-state index in [1.165, 1.54) is 24.3 Å². The van der Waals surface area contributed by atoms with Gasteiger partial charge in [-0.2, -0.15) is 0 Å². The van der Waals surface area contributed by atoms with Crippen LogP contribution in [-0.2, 0) is 4.74 Å². The van der Waals surface area contributed by atoms with Crippen molar-refractivity contribution >= 4 is 23.1 Å². The van der Waals surface area contributed by atoms with Crippen molar-refractivity contribution in [2.45, 2.75) is 17.6 Å². The Balaban J connectivity index is 1.59. The molecule has 2 aliphatic carbocycles. The number of rotatable bonds is 2. The first-order valence-corrected chi connectivity index (χ1v) is 12.3. The van der Waals surface area contributed by atoms with Crippen LogP contribution < -0.4 is 0 Å². The van der Waals surface area contributed by atoms with Gasteiger partial charge < -0.3 is 4.74 Å². The van der Waals surface area contributed by atoms with Gasteiger partial charge >= 0.3 is 0 Å². The van der Waals surface area contributed by atoms with E-state index in [4.69, 9.17) is 4.74 Å². The lowest BCUT2D eigenvalue weighted by atomic mass is 9.60. The van der Waals surface area contributed by atoms with Gasteiger partial charge in [-0.1, -0.05) is 91.0 Å². The molecule has 1 fully saturated rings. The molecule has 1 aliphatic heterocycles. The van der Waals surface area contributed by atoms with E-state index in [0.29, 0.717) is 11.1 Å². The molecule has 4 aromatic rings. The van der Waals surface area contributed by atoms with Gasteiger partial charge in [-0.15, -0.1) is 0 Å². The molecule has 0 N–H and O–H groups in total. The van der Waals surface area contributed by atoms with E-state index in [9.17, 15) is 23.6 Å². The highest BCUT2D eigenvalue weighted by Crippen LogP contribution is 2.67. The van der Waals surface area contributed by atoms with Crippen molar-refractivity contribution in [2.24, 2.45) is 5.41 Å². The molecular formula is C32H19FO5. The van der Waals surface area contributed by atoms with Gasteiger partial charge in [0.2, 0.25) is 17.2 Å². The molecule has 0 amide bonds. The quantitative estimate of drug-likeness (QED) is 0.335. The third-order valence-corrected chi connectivity index (χ3v) is 8.14. The van der Waals surface area contributed by atoms with Gasteiger partial charge in [0, 0.05) is 22.3 Å². The van der Waals surface area contributed by atoms with Gasteiger partial charge in [0.1, 0.15) is 17.3 Å².